The first kappa shape index (κ1) is 10.2. The lowest BCUT2D eigenvalue weighted by Gasteiger charge is -1.97. The number of carbonyl (C=O) groups is 1. The second kappa shape index (κ2) is 5.90. The molecule has 0 fully saturated rings. The van der Waals surface area contributed by atoms with E-state index in [4.69, 9.17) is 0 Å². The van der Waals surface area contributed by atoms with Crippen molar-refractivity contribution < 1.29 is 4.79 Å². The Morgan fingerprint density at radius 3 is 2.55 bits per heavy atom. The first-order valence-electron chi connectivity index (χ1n) is 3.90. The third-order valence-corrected chi connectivity index (χ3v) is 1.42. The van der Waals surface area contributed by atoms with Crippen LogP contribution in [0.4, 0.5) is 0 Å². The average Bonchev–Trinajstić information content (AvgIpc) is 1.87. The van der Waals surface area contributed by atoms with Gasteiger partial charge in [0.05, 0.1) is 0 Å². The Morgan fingerprint density at radius 1 is 1.45 bits per heavy atom. The van der Waals surface area contributed by atoms with Crippen molar-refractivity contribution in [1.82, 2.24) is 0 Å². The van der Waals surface area contributed by atoms with Crippen LogP contribution in [0.1, 0.15) is 33.1 Å². The van der Waals surface area contributed by atoms with E-state index in [9.17, 15) is 4.79 Å². The topological polar surface area (TPSA) is 17.1 Å². The molecule has 62 valence electrons. The molecule has 0 radical (unpaired) electrons. The van der Waals surface area contributed by atoms with Gasteiger partial charge >= 0.3 is 0 Å². The number of rotatable bonds is 5. The molecule has 0 aromatic rings. The third kappa shape index (κ3) is 7.04. The summed E-state index contributed by atoms with van der Waals surface area (Å²) in [5.41, 5.74) is 2.35. The van der Waals surface area contributed by atoms with Crippen molar-refractivity contribution >= 4 is 6.29 Å². The molecule has 0 bridgehead atoms. The van der Waals surface area contributed by atoms with Crippen LogP contribution in [0.25, 0.3) is 0 Å². The van der Waals surface area contributed by atoms with Crippen LogP contribution >= 0.6 is 0 Å². The normalized spacial score (nSPS) is 8.91. The Hall–Kier alpha value is -0.850. The minimum atomic E-state index is 0.511. The molecule has 0 aliphatic heterocycles. The van der Waals surface area contributed by atoms with E-state index < -0.39 is 0 Å². The summed E-state index contributed by atoms with van der Waals surface area (Å²) in [6.45, 7) is 7.92. The van der Waals surface area contributed by atoms with Crippen LogP contribution in [0, 0.1) is 0 Å². The molecular weight excluding hydrogens is 136 g/mol. The molecule has 0 unspecified atom stereocenters. The van der Waals surface area contributed by atoms with Gasteiger partial charge in [-0.25, -0.2) is 0 Å². The van der Waals surface area contributed by atoms with E-state index in [1.54, 1.807) is 0 Å². The minimum Gasteiger partial charge on any atom is -0.303 e. The number of hydrogen-bond acceptors (Lipinski definition) is 1. The molecule has 0 saturated carbocycles. The van der Waals surface area contributed by atoms with Crippen LogP contribution in [-0.4, -0.2) is 6.29 Å². The van der Waals surface area contributed by atoms with Crippen LogP contribution in [0.2, 0.25) is 0 Å². The van der Waals surface area contributed by atoms with Gasteiger partial charge in [0.1, 0.15) is 6.29 Å². The summed E-state index contributed by atoms with van der Waals surface area (Å²) in [5.74, 6) is 0. The Kier molecular flexibility index (Phi) is 5.44. The summed E-state index contributed by atoms with van der Waals surface area (Å²) in [4.78, 5) is 10.0. The second-order valence-corrected chi connectivity index (χ2v) is 2.94. The summed E-state index contributed by atoms with van der Waals surface area (Å²) >= 11 is 0. The number of allylic oxidation sites excluding steroid dienone is 3. The SMILES string of the molecule is C=C(CC=O)CCC=C(C)C. The summed E-state index contributed by atoms with van der Waals surface area (Å²) in [7, 11) is 0. The fourth-order valence-electron chi connectivity index (χ4n) is 0.785. The van der Waals surface area contributed by atoms with Gasteiger partial charge in [0, 0.05) is 6.42 Å². The van der Waals surface area contributed by atoms with Crippen LogP contribution in [0.3, 0.4) is 0 Å². The number of hydrogen-bond donors (Lipinski definition) is 0. The molecule has 0 aliphatic carbocycles. The molecule has 0 aromatic carbocycles. The first-order valence-corrected chi connectivity index (χ1v) is 3.90. The van der Waals surface area contributed by atoms with E-state index in [-0.39, 0.29) is 0 Å². The maximum absolute atomic E-state index is 10.0. The maximum atomic E-state index is 10.0. The van der Waals surface area contributed by atoms with Crippen LogP contribution < -0.4 is 0 Å². The molecular formula is C10H16O. The quantitative estimate of drug-likeness (QED) is 0.437. The molecule has 0 rings (SSSR count). The Bertz CT molecular complexity index is 162. The first-order chi connectivity index (χ1) is 5.16. The lowest BCUT2D eigenvalue weighted by atomic mass is 10.1. The minimum absolute atomic E-state index is 0.511. The largest absolute Gasteiger partial charge is 0.303 e. The fourth-order valence-corrected chi connectivity index (χ4v) is 0.785. The van der Waals surface area contributed by atoms with E-state index in [1.165, 1.54) is 5.57 Å². The van der Waals surface area contributed by atoms with Crippen molar-refractivity contribution in [1.29, 1.82) is 0 Å². The van der Waals surface area contributed by atoms with Crippen molar-refractivity contribution in [3.05, 3.63) is 23.8 Å². The molecule has 0 aromatic heterocycles. The molecule has 0 aliphatic rings. The predicted molar refractivity (Wildman–Crippen MR) is 48.5 cm³/mol. The predicted octanol–water partition coefficient (Wildman–Crippen LogP) is 2.88. The summed E-state index contributed by atoms with van der Waals surface area (Å²) in [6, 6.07) is 0. The van der Waals surface area contributed by atoms with Gasteiger partial charge in [-0.1, -0.05) is 23.8 Å². The van der Waals surface area contributed by atoms with Gasteiger partial charge in [0.2, 0.25) is 0 Å². The highest BCUT2D eigenvalue weighted by atomic mass is 16.1. The summed E-state index contributed by atoms with van der Waals surface area (Å²) in [6.07, 6.45) is 5.52. The van der Waals surface area contributed by atoms with E-state index >= 15 is 0 Å². The Labute approximate surface area is 68.8 Å². The fraction of sp³-hybridized carbons (Fsp3) is 0.500. The van der Waals surface area contributed by atoms with Crippen molar-refractivity contribution in [3.8, 4) is 0 Å². The van der Waals surface area contributed by atoms with Gasteiger partial charge in [0.15, 0.2) is 0 Å². The molecule has 0 saturated heterocycles. The second-order valence-electron chi connectivity index (χ2n) is 2.94. The number of aldehydes is 1. The van der Waals surface area contributed by atoms with Crippen molar-refractivity contribution in [3.63, 3.8) is 0 Å². The molecule has 0 heterocycles. The highest BCUT2D eigenvalue weighted by molar-refractivity contribution is 5.53. The van der Waals surface area contributed by atoms with Gasteiger partial charge in [-0.3, -0.25) is 0 Å². The Morgan fingerprint density at radius 2 is 2.09 bits per heavy atom. The van der Waals surface area contributed by atoms with Gasteiger partial charge in [0.25, 0.3) is 0 Å². The van der Waals surface area contributed by atoms with Crippen molar-refractivity contribution in [2.45, 2.75) is 33.1 Å². The summed E-state index contributed by atoms with van der Waals surface area (Å²) < 4.78 is 0. The van der Waals surface area contributed by atoms with Crippen molar-refractivity contribution in [2.24, 2.45) is 0 Å². The lowest BCUT2D eigenvalue weighted by molar-refractivity contribution is -0.107. The smallest absolute Gasteiger partial charge is 0.124 e. The van der Waals surface area contributed by atoms with E-state index in [2.05, 4.69) is 26.5 Å². The zero-order valence-corrected chi connectivity index (χ0v) is 7.39. The van der Waals surface area contributed by atoms with Crippen LogP contribution in [0.15, 0.2) is 23.8 Å². The van der Waals surface area contributed by atoms with E-state index in [1.807, 2.05) is 0 Å². The highest BCUT2D eigenvalue weighted by Crippen LogP contribution is 2.07. The number of carbonyl (C=O) groups excluding carboxylic acids is 1. The zero-order valence-electron chi connectivity index (χ0n) is 7.39. The van der Waals surface area contributed by atoms with Gasteiger partial charge in [-0.05, 0) is 26.7 Å². The summed E-state index contributed by atoms with van der Waals surface area (Å²) in [5, 5.41) is 0. The molecule has 0 amide bonds. The van der Waals surface area contributed by atoms with Gasteiger partial charge in [-0.15, -0.1) is 0 Å². The lowest BCUT2D eigenvalue weighted by Crippen LogP contribution is -1.82. The van der Waals surface area contributed by atoms with Crippen LogP contribution in [0.5, 0.6) is 0 Å². The van der Waals surface area contributed by atoms with Gasteiger partial charge < -0.3 is 4.79 Å². The third-order valence-electron chi connectivity index (χ3n) is 1.42. The van der Waals surface area contributed by atoms with E-state index in [0.29, 0.717) is 6.42 Å². The molecule has 11 heavy (non-hydrogen) atoms. The highest BCUT2D eigenvalue weighted by Gasteiger charge is 1.90. The Balaban J connectivity index is 3.46. The van der Waals surface area contributed by atoms with Gasteiger partial charge in [-0.2, -0.15) is 0 Å². The molecule has 1 nitrogen and oxygen atoms in total. The monoisotopic (exact) mass is 152 g/mol. The molecule has 1 heteroatoms. The average molecular weight is 152 g/mol. The molecule has 0 spiro atoms. The standard InChI is InChI=1S/C10H16O/c1-9(2)5-4-6-10(3)7-8-11/h5,8H,3-4,6-7H2,1-2H3. The van der Waals surface area contributed by atoms with Crippen molar-refractivity contribution in [2.75, 3.05) is 0 Å². The van der Waals surface area contributed by atoms with Crippen LogP contribution in [-0.2, 0) is 4.79 Å². The molecule has 0 N–H and O–H groups in total. The maximum Gasteiger partial charge on any atom is 0.124 e. The molecule has 0 atom stereocenters. The van der Waals surface area contributed by atoms with E-state index in [0.717, 1.165) is 24.7 Å². The zero-order chi connectivity index (χ0) is 8.69.